The van der Waals surface area contributed by atoms with Crippen molar-refractivity contribution >= 4 is 0 Å². The first-order valence-electron chi connectivity index (χ1n) is 5.68. The number of piperidine rings is 1. The highest BCUT2D eigenvalue weighted by Gasteiger charge is 2.28. The van der Waals surface area contributed by atoms with Gasteiger partial charge in [-0.3, -0.25) is 0 Å². The maximum Gasteiger partial charge on any atom is 0.0494 e. The van der Waals surface area contributed by atoms with Gasteiger partial charge in [-0.15, -0.1) is 0 Å². The van der Waals surface area contributed by atoms with Gasteiger partial charge in [-0.25, -0.2) is 0 Å². The molecule has 0 atom stereocenters. The minimum absolute atomic E-state index is 0.0570. The molecule has 84 valence electrons. The number of rotatable bonds is 3. The second-order valence-electron chi connectivity index (χ2n) is 6.26. The summed E-state index contributed by atoms with van der Waals surface area (Å²) in [4.78, 5) is 2.49. The SMILES string of the molecule is CC1(C)CCN(CC(C)(C)CO)CC1. The van der Waals surface area contributed by atoms with Crippen molar-refractivity contribution in [3.8, 4) is 0 Å². The van der Waals surface area contributed by atoms with Crippen LogP contribution in [0.1, 0.15) is 40.5 Å². The third-order valence-corrected chi connectivity index (χ3v) is 3.29. The summed E-state index contributed by atoms with van der Waals surface area (Å²) in [6.07, 6.45) is 2.57. The monoisotopic (exact) mass is 199 g/mol. The van der Waals surface area contributed by atoms with Crippen molar-refractivity contribution in [1.29, 1.82) is 0 Å². The first-order valence-corrected chi connectivity index (χ1v) is 5.68. The van der Waals surface area contributed by atoms with Crippen molar-refractivity contribution in [3.63, 3.8) is 0 Å². The van der Waals surface area contributed by atoms with Crippen molar-refractivity contribution in [2.45, 2.75) is 40.5 Å². The fourth-order valence-electron chi connectivity index (χ4n) is 1.97. The minimum atomic E-state index is 0.0570. The van der Waals surface area contributed by atoms with Gasteiger partial charge in [-0.1, -0.05) is 27.7 Å². The molecule has 1 aliphatic heterocycles. The Morgan fingerprint density at radius 1 is 1.21 bits per heavy atom. The van der Waals surface area contributed by atoms with Crippen molar-refractivity contribution < 1.29 is 5.11 Å². The highest BCUT2D eigenvalue weighted by Crippen LogP contribution is 2.31. The Balaban J connectivity index is 2.36. The molecule has 0 spiro atoms. The predicted octanol–water partition coefficient (Wildman–Crippen LogP) is 2.13. The first-order chi connectivity index (χ1) is 6.35. The topological polar surface area (TPSA) is 23.5 Å². The van der Waals surface area contributed by atoms with Crippen LogP contribution < -0.4 is 0 Å². The van der Waals surface area contributed by atoms with Crippen molar-refractivity contribution in [1.82, 2.24) is 4.90 Å². The van der Waals surface area contributed by atoms with E-state index in [2.05, 4.69) is 32.6 Å². The van der Waals surface area contributed by atoms with E-state index in [1.165, 1.54) is 25.9 Å². The molecular formula is C12H25NO. The van der Waals surface area contributed by atoms with Gasteiger partial charge in [0.05, 0.1) is 0 Å². The van der Waals surface area contributed by atoms with Gasteiger partial charge in [0.15, 0.2) is 0 Å². The van der Waals surface area contributed by atoms with E-state index < -0.39 is 0 Å². The summed E-state index contributed by atoms with van der Waals surface area (Å²) in [5.74, 6) is 0. The minimum Gasteiger partial charge on any atom is -0.396 e. The molecule has 0 unspecified atom stereocenters. The lowest BCUT2D eigenvalue weighted by Gasteiger charge is -2.40. The van der Waals surface area contributed by atoms with E-state index in [9.17, 15) is 5.11 Å². The molecule has 0 aliphatic carbocycles. The number of hydrogen-bond acceptors (Lipinski definition) is 2. The highest BCUT2D eigenvalue weighted by molar-refractivity contribution is 4.81. The Morgan fingerprint density at radius 2 is 1.71 bits per heavy atom. The molecule has 1 aliphatic rings. The van der Waals surface area contributed by atoms with Gasteiger partial charge in [-0.2, -0.15) is 0 Å². The molecule has 1 N–H and O–H groups in total. The van der Waals surface area contributed by atoms with E-state index in [1.807, 2.05) is 0 Å². The molecular weight excluding hydrogens is 174 g/mol. The Labute approximate surface area is 88.3 Å². The lowest BCUT2D eigenvalue weighted by molar-refractivity contribution is 0.0641. The van der Waals surface area contributed by atoms with Crippen LogP contribution in [-0.2, 0) is 0 Å². The molecule has 0 aromatic heterocycles. The van der Waals surface area contributed by atoms with Gasteiger partial charge in [0.1, 0.15) is 0 Å². The van der Waals surface area contributed by atoms with Crippen LogP contribution in [0.2, 0.25) is 0 Å². The summed E-state index contributed by atoms with van der Waals surface area (Å²) < 4.78 is 0. The van der Waals surface area contributed by atoms with Crippen LogP contribution in [0.25, 0.3) is 0 Å². The molecule has 1 fully saturated rings. The summed E-state index contributed by atoms with van der Waals surface area (Å²) in [5, 5.41) is 9.20. The van der Waals surface area contributed by atoms with Crippen LogP contribution in [0.4, 0.5) is 0 Å². The summed E-state index contributed by atoms with van der Waals surface area (Å²) in [5.41, 5.74) is 0.585. The largest absolute Gasteiger partial charge is 0.396 e. The Kier molecular flexibility index (Phi) is 3.59. The molecule has 1 rings (SSSR count). The molecule has 14 heavy (non-hydrogen) atoms. The smallest absolute Gasteiger partial charge is 0.0494 e. The third-order valence-electron chi connectivity index (χ3n) is 3.29. The normalized spacial score (nSPS) is 23.8. The quantitative estimate of drug-likeness (QED) is 0.752. The number of aliphatic hydroxyl groups excluding tert-OH is 1. The number of likely N-dealkylation sites (tertiary alicyclic amines) is 1. The Bertz CT molecular complexity index is 177. The maximum atomic E-state index is 9.20. The van der Waals surface area contributed by atoms with E-state index >= 15 is 0 Å². The standard InChI is InChI=1S/C12H25NO/c1-11(2)5-7-13(8-6-11)9-12(3,4)10-14/h14H,5-10H2,1-4H3. The zero-order valence-corrected chi connectivity index (χ0v) is 10.1. The molecule has 0 aromatic rings. The number of hydrogen-bond donors (Lipinski definition) is 1. The second kappa shape index (κ2) is 4.19. The van der Waals surface area contributed by atoms with Gasteiger partial charge in [0, 0.05) is 18.6 Å². The third kappa shape index (κ3) is 3.58. The van der Waals surface area contributed by atoms with Gasteiger partial charge in [0.2, 0.25) is 0 Å². The molecule has 1 saturated heterocycles. The average Bonchev–Trinajstić information content (AvgIpc) is 2.09. The zero-order chi connectivity index (χ0) is 10.8. The van der Waals surface area contributed by atoms with E-state index in [0.29, 0.717) is 5.41 Å². The molecule has 0 radical (unpaired) electrons. The van der Waals surface area contributed by atoms with E-state index in [0.717, 1.165) is 6.54 Å². The Morgan fingerprint density at radius 3 is 2.14 bits per heavy atom. The molecule has 0 bridgehead atoms. The molecule has 1 heterocycles. The van der Waals surface area contributed by atoms with Gasteiger partial charge in [0.25, 0.3) is 0 Å². The molecule has 0 amide bonds. The second-order valence-corrected chi connectivity index (χ2v) is 6.26. The number of nitrogens with zero attached hydrogens (tertiary/aromatic N) is 1. The van der Waals surface area contributed by atoms with Crippen LogP contribution in [0.5, 0.6) is 0 Å². The van der Waals surface area contributed by atoms with E-state index in [-0.39, 0.29) is 12.0 Å². The summed E-state index contributed by atoms with van der Waals surface area (Å²) in [7, 11) is 0. The molecule has 2 heteroatoms. The zero-order valence-electron chi connectivity index (χ0n) is 10.1. The molecule has 0 saturated carbocycles. The summed E-state index contributed by atoms with van der Waals surface area (Å²) in [6, 6.07) is 0. The highest BCUT2D eigenvalue weighted by atomic mass is 16.3. The van der Waals surface area contributed by atoms with Crippen LogP contribution in [0.3, 0.4) is 0 Å². The van der Waals surface area contributed by atoms with Crippen molar-refractivity contribution in [3.05, 3.63) is 0 Å². The molecule has 0 aromatic carbocycles. The maximum absolute atomic E-state index is 9.20. The lowest BCUT2D eigenvalue weighted by atomic mass is 9.82. The van der Waals surface area contributed by atoms with Crippen molar-refractivity contribution in [2.75, 3.05) is 26.2 Å². The van der Waals surface area contributed by atoms with Gasteiger partial charge in [-0.05, 0) is 31.3 Å². The van der Waals surface area contributed by atoms with Gasteiger partial charge >= 0.3 is 0 Å². The van der Waals surface area contributed by atoms with Gasteiger partial charge < -0.3 is 10.0 Å². The Hall–Kier alpha value is -0.0800. The van der Waals surface area contributed by atoms with E-state index in [4.69, 9.17) is 0 Å². The predicted molar refractivity (Wildman–Crippen MR) is 60.3 cm³/mol. The van der Waals surface area contributed by atoms with Crippen LogP contribution in [0.15, 0.2) is 0 Å². The molecule has 2 nitrogen and oxygen atoms in total. The summed E-state index contributed by atoms with van der Waals surface area (Å²) in [6.45, 7) is 12.7. The van der Waals surface area contributed by atoms with E-state index in [1.54, 1.807) is 0 Å². The first kappa shape index (κ1) is 12.0. The van der Waals surface area contributed by atoms with Crippen molar-refractivity contribution in [2.24, 2.45) is 10.8 Å². The van der Waals surface area contributed by atoms with Crippen LogP contribution in [0, 0.1) is 10.8 Å². The average molecular weight is 199 g/mol. The summed E-state index contributed by atoms with van der Waals surface area (Å²) >= 11 is 0. The fourth-order valence-corrected chi connectivity index (χ4v) is 1.97. The lowest BCUT2D eigenvalue weighted by Crippen LogP contribution is -2.43. The number of aliphatic hydroxyl groups is 1. The van der Waals surface area contributed by atoms with Crippen LogP contribution >= 0.6 is 0 Å². The fraction of sp³-hybridized carbons (Fsp3) is 1.00. The van der Waals surface area contributed by atoms with Crippen LogP contribution in [-0.4, -0.2) is 36.2 Å².